The highest BCUT2D eigenvalue weighted by molar-refractivity contribution is 8.01. The summed E-state index contributed by atoms with van der Waals surface area (Å²) in [4.78, 5) is 41.0. The van der Waals surface area contributed by atoms with Gasteiger partial charge in [-0.15, -0.1) is 11.8 Å². The molecule has 3 aromatic carbocycles. The second-order valence-electron chi connectivity index (χ2n) is 7.64. The number of carbonyl (C=O) groups excluding carboxylic acids is 3. The van der Waals surface area contributed by atoms with Gasteiger partial charge in [0.2, 0.25) is 5.78 Å². The second kappa shape index (κ2) is 10.0. The number of halogens is 3. The minimum Gasteiger partial charge on any atom is -0.465 e. The van der Waals surface area contributed by atoms with Crippen LogP contribution in [0.3, 0.4) is 0 Å². The second-order valence-corrected chi connectivity index (χ2v) is 10.1. The lowest BCUT2D eigenvalue weighted by Crippen LogP contribution is -2.30. The number of anilines is 1. The van der Waals surface area contributed by atoms with Crippen molar-refractivity contribution in [3.8, 4) is 0 Å². The number of aryl methyl sites for hydroxylation is 1. The van der Waals surface area contributed by atoms with Crippen molar-refractivity contribution in [1.29, 1.82) is 0 Å². The van der Waals surface area contributed by atoms with Gasteiger partial charge in [0.15, 0.2) is 0 Å². The molecule has 0 aromatic heterocycles. The highest BCUT2D eigenvalue weighted by Crippen LogP contribution is 2.46. The number of ether oxygens (including phenoxy) is 1. The monoisotopic (exact) mass is 533 g/mol. The largest absolute Gasteiger partial charge is 0.465 e. The molecule has 4 rings (SSSR count). The number of Topliss-reactive ketones (excluding diaryl/α,β-unsaturated/α-hetero) is 1. The van der Waals surface area contributed by atoms with Gasteiger partial charge in [0.1, 0.15) is 5.25 Å². The predicted molar refractivity (Wildman–Crippen MR) is 135 cm³/mol. The van der Waals surface area contributed by atoms with Crippen LogP contribution in [0.2, 0.25) is 15.1 Å². The number of hydrogen-bond acceptors (Lipinski definition) is 5. The van der Waals surface area contributed by atoms with Crippen LogP contribution in [-0.2, 0) is 14.3 Å². The Morgan fingerprint density at radius 2 is 1.53 bits per heavy atom. The lowest BCUT2D eigenvalue weighted by Gasteiger charge is -2.29. The molecule has 2 atom stereocenters. The van der Waals surface area contributed by atoms with E-state index in [1.165, 1.54) is 18.1 Å². The molecule has 0 aliphatic carbocycles. The SMILES string of the molecule is COC(=O)c1cc(Cl)ccc1SC1C(=O)C(=O)N(c2cc(Cl)ccc2C)C1c1ccc(Cl)cc1. The van der Waals surface area contributed by atoms with Crippen molar-refractivity contribution in [3.63, 3.8) is 0 Å². The molecule has 0 radical (unpaired) electrons. The lowest BCUT2D eigenvalue weighted by molar-refractivity contribution is -0.133. The van der Waals surface area contributed by atoms with Gasteiger partial charge in [-0.3, -0.25) is 14.5 Å². The Morgan fingerprint density at radius 3 is 2.21 bits per heavy atom. The maximum Gasteiger partial charge on any atom is 0.339 e. The van der Waals surface area contributed by atoms with Crippen LogP contribution >= 0.6 is 46.6 Å². The third-order valence-electron chi connectivity index (χ3n) is 5.50. The Bertz CT molecular complexity index is 1300. The Kier molecular flexibility index (Phi) is 7.24. The van der Waals surface area contributed by atoms with Crippen LogP contribution in [0.25, 0.3) is 0 Å². The maximum absolute atomic E-state index is 13.3. The van der Waals surface area contributed by atoms with Gasteiger partial charge in [0.05, 0.1) is 18.7 Å². The summed E-state index contributed by atoms with van der Waals surface area (Å²) in [6.45, 7) is 1.84. The van der Waals surface area contributed by atoms with Crippen LogP contribution in [0.5, 0.6) is 0 Å². The average molecular weight is 535 g/mol. The quantitative estimate of drug-likeness (QED) is 0.274. The van der Waals surface area contributed by atoms with Crippen molar-refractivity contribution in [1.82, 2.24) is 0 Å². The fourth-order valence-corrected chi connectivity index (χ4v) is 5.63. The first-order chi connectivity index (χ1) is 16.2. The first kappa shape index (κ1) is 24.6. The molecule has 1 heterocycles. The molecule has 5 nitrogen and oxygen atoms in total. The number of methoxy groups -OCH3 is 1. The number of rotatable bonds is 5. The molecule has 0 saturated carbocycles. The van der Waals surface area contributed by atoms with Gasteiger partial charge in [0, 0.05) is 25.7 Å². The molecule has 0 bridgehead atoms. The first-order valence-corrected chi connectivity index (χ1v) is 12.2. The van der Waals surface area contributed by atoms with E-state index < -0.39 is 29.0 Å². The Hall–Kier alpha value is -2.51. The molecule has 1 aliphatic heterocycles. The van der Waals surface area contributed by atoms with Crippen molar-refractivity contribution in [2.24, 2.45) is 0 Å². The van der Waals surface area contributed by atoms with Crippen molar-refractivity contribution >= 4 is 69.9 Å². The van der Waals surface area contributed by atoms with Crippen LogP contribution < -0.4 is 4.90 Å². The molecule has 1 amide bonds. The van der Waals surface area contributed by atoms with Gasteiger partial charge in [-0.1, -0.05) is 53.0 Å². The third-order valence-corrected chi connectivity index (χ3v) is 7.55. The van der Waals surface area contributed by atoms with Crippen LogP contribution in [0.15, 0.2) is 65.6 Å². The zero-order valence-corrected chi connectivity index (χ0v) is 21.1. The zero-order chi connectivity index (χ0) is 24.6. The molecule has 1 saturated heterocycles. The number of thioether (sulfide) groups is 1. The highest BCUT2D eigenvalue weighted by Gasteiger charge is 2.50. The van der Waals surface area contributed by atoms with Crippen LogP contribution in [-0.4, -0.2) is 30.0 Å². The molecule has 9 heteroatoms. The van der Waals surface area contributed by atoms with Gasteiger partial charge in [-0.05, 0) is 60.5 Å². The summed E-state index contributed by atoms with van der Waals surface area (Å²) in [7, 11) is 1.27. The molecule has 0 N–H and O–H groups in total. The van der Waals surface area contributed by atoms with E-state index >= 15 is 0 Å². The van der Waals surface area contributed by atoms with E-state index in [9.17, 15) is 14.4 Å². The average Bonchev–Trinajstić information content (AvgIpc) is 3.06. The van der Waals surface area contributed by atoms with Gasteiger partial charge in [-0.2, -0.15) is 0 Å². The molecule has 174 valence electrons. The predicted octanol–water partition coefficient (Wildman–Crippen LogP) is 6.56. The summed E-state index contributed by atoms with van der Waals surface area (Å²) in [6, 6.07) is 16.2. The number of carbonyl (C=O) groups is 3. The molecule has 0 spiro atoms. The van der Waals surface area contributed by atoms with E-state index in [0.29, 0.717) is 31.2 Å². The van der Waals surface area contributed by atoms with E-state index in [1.807, 2.05) is 6.92 Å². The van der Waals surface area contributed by atoms with Gasteiger partial charge in [-0.25, -0.2) is 4.79 Å². The van der Waals surface area contributed by atoms with E-state index in [2.05, 4.69) is 0 Å². The summed E-state index contributed by atoms with van der Waals surface area (Å²) in [5, 5.41) is 0.470. The van der Waals surface area contributed by atoms with Gasteiger partial charge < -0.3 is 4.74 Å². The van der Waals surface area contributed by atoms with E-state index in [1.54, 1.807) is 54.6 Å². The highest BCUT2D eigenvalue weighted by atomic mass is 35.5. The number of benzene rings is 3. The smallest absolute Gasteiger partial charge is 0.339 e. The van der Waals surface area contributed by atoms with Crippen LogP contribution in [0, 0.1) is 6.92 Å². The van der Waals surface area contributed by atoms with Crippen LogP contribution in [0.1, 0.15) is 27.5 Å². The summed E-state index contributed by atoms with van der Waals surface area (Å²) in [5.41, 5.74) is 2.26. The van der Waals surface area contributed by atoms with Crippen molar-refractivity contribution < 1.29 is 19.1 Å². The summed E-state index contributed by atoms with van der Waals surface area (Å²) in [6.07, 6.45) is 0. The maximum atomic E-state index is 13.3. The molecule has 1 fully saturated rings. The number of ketones is 1. The van der Waals surface area contributed by atoms with Crippen molar-refractivity contribution in [3.05, 3.63) is 92.4 Å². The number of esters is 1. The van der Waals surface area contributed by atoms with E-state index in [-0.39, 0.29) is 5.56 Å². The molecule has 34 heavy (non-hydrogen) atoms. The van der Waals surface area contributed by atoms with Crippen molar-refractivity contribution in [2.45, 2.75) is 23.1 Å². The first-order valence-electron chi connectivity index (χ1n) is 10.1. The topological polar surface area (TPSA) is 63.7 Å². The van der Waals surface area contributed by atoms with Crippen molar-refractivity contribution in [2.75, 3.05) is 12.0 Å². The van der Waals surface area contributed by atoms with Crippen LogP contribution in [0.4, 0.5) is 5.69 Å². The Balaban J connectivity index is 1.86. The molecular formula is C25H18Cl3NO4S. The van der Waals surface area contributed by atoms with E-state index in [4.69, 9.17) is 39.5 Å². The molecular weight excluding hydrogens is 517 g/mol. The molecule has 3 aromatic rings. The Morgan fingerprint density at radius 1 is 0.912 bits per heavy atom. The Labute approximate surface area is 215 Å². The standard InChI is InChI=1S/C25H18Cl3NO4S/c1-13-3-6-17(28)12-19(13)29-21(14-4-7-15(26)8-5-14)23(22(30)24(29)31)34-20-10-9-16(27)11-18(20)25(32)33-2/h3-12,21,23H,1-2H3. The zero-order valence-electron chi connectivity index (χ0n) is 18.1. The fraction of sp³-hybridized carbons (Fsp3) is 0.160. The number of hydrogen-bond donors (Lipinski definition) is 0. The summed E-state index contributed by atoms with van der Waals surface area (Å²) in [5.74, 6) is -1.83. The molecule has 1 aliphatic rings. The lowest BCUT2D eigenvalue weighted by atomic mass is 10.0. The van der Waals surface area contributed by atoms with Gasteiger partial charge in [0.25, 0.3) is 5.91 Å². The normalized spacial score (nSPS) is 17.9. The fourth-order valence-electron chi connectivity index (χ4n) is 3.86. The summed E-state index contributed by atoms with van der Waals surface area (Å²) >= 11 is 19.5. The van der Waals surface area contributed by atoms with Gasteiger partial charge >= 0.3 is 5.97 Å². The minimum absolute atomic E-state index is 0.215. The van der Waals surface area contributed by atoms with E-state index in [0.717, 1.165) is 17.3 Å². The third kappa shape index (κ3) is 4.68. The summed E-state index contributed by atoms with van der Waals surface area (Å²) < 4.78 is 4.89. The number of amides is 1. The number of nitrogens with zero attached hydrogens (tertiary/aromatic N) is 1. The minimum atomic E-state index is -0.850. The molecule has 2 unspecified atom stereocenters.